The van der Waals surface area contributed by atoms with Gasteiger partial charge < -0.3 is 16.9 Å². The molecule has 0 atom stereocenters. The summed E-state index contributed by atoms with van der Waals surface area (Å²) in [5, 5.41) is 0. The fourth-order valence-corrected chi connectivity index (χ4v) is 7.73. The molecule has 0 aromatic carbocycles. The SMILES string of the molecule is CCCCCCCCCCCCCCCCCC[N+]1(CCCCCCCCCCCCCCCCCC)CCCCC1.[Cl-]. The van der Waals surface area contributed by atoms with Crippen LogP contribution in [0.15, 0.2) is 0 Å². The van der Waals surface area contributed by atoms with Gasteiger partial charge in [-0.1, -0.05) is 194 Å². The summed E-state index contributed by atoms with van der Waals surface area (Å²) in [6, 6.07) is 0. The molecule has 0 amide bonds. The number of halogens is 1. The van der Waals surface area contributed by atoms with Crippen LogP contribution in [0.25, 0.3) is 0 Å². The number of likely N-dealkylation sites (tertiary alicyclic amines) is 1. The second kappa shape index (κ2) is 35.1. The van der Waals surface area contributed by atoms with Crippen LogP contribution in [0.3, 0.4) is 0 Å². The molecule has 1 aliphatic heterocycles. The minimum Gasteiger partial charge on any atom is -1.00 e. The van der Waals surface area contributed by atoms with Gasteiger partial charge in [0.1, 0.15) is 0 Å². The van der Waals surface area contributed by atoms with Crippen molar-refractivity contribution in [2.75, 3.05) is 26.2 Å². The average Bonchev–Trinajstić information content (AvgIpc) is 3.01. The lowest BCUT2D eigenvalue weighted by Gasteiger charge is -2.42. The normalized spacial score (nSPS) is 14.7. The summed E-state index contributed by atoms with van der Waals surface area (Å²) in [5.41, 5.74) is 0. The third kappa shape index (κ3) is 29.4. The number of unbranched alkanes of at least 4 members (excludes halogenated alkanes) is 30. The first kappa shape index (κ1) is 43.2. The van der Waals surface area contributed by atoms with Gasteiger partial charge in [0.15, 0.2) is 0 Å². The van der Waals surface area contributed by atoms with Gasteiger partial charge in [-0.25, -0.2) is 0 Å². The Kier molecular flexibility index (Phi) is 35.3. The van der Waals surface area contributed by atoms with Crippen LogP contribution >= 0.6 is 0 Å². The quantitative estimate of drug-likeness (QED) is 0.0493. The largest absolute Gasteiger partial charge is 1.00 e. The fraction of sp³-hybridized carbons (Fsp3) is 1.00. The lowest BCUT2D eigenvalue weighted by Crippen LogP contribution is -3.00. The minimum absolute atomic E-state index is 0. The van der Waals surface area contributed by atoms with Crippen LogP contribution in [0.1, 0.15) is 239 Å². The summed E-state index contributed by atoms with van der Waals surface area (Å²) in [7, 11) is 0. The molecule has 1 heterocycles. The lowest BCUT2D eigenvalue weighted by molar-refractivity contribution is -0.932. The summed E-state index contributed by atoms with van der Waals surface area (Å²) >= 11 is 0. The number of rotatable bonds is 34. The van der Waals surface area contributed by atoms with Crippen LogP contribution in [0, 0.1) is 0 Å². The predicted octanol–water partition coefficient (Wildman–Crippen LogP) is 11.5. The Morgan fingerprint density at radius 1 is 0.279 bits per heavy atom. The smallest absolute Gasteiger partial charge is 0.0786 e. The van der Waals surface area contributed by atoms with Gasteiger partial charge in [0.2, 0.25) is 0 Å². The Morgan fingerprint density at radius 3 is 0.721 bits per heavy atom. The number of nitrogens with zero attached hydrogens (tertiary/aromatic N) is 1. The molecule has 0 aromatic rings. The van der Waals surface area contributed by atoms with Crippen molar-refractivity contribution in [3.05, 3.63) is 0 Å². The molecular weight excluding hydrogens is 542 g/mol. The zero-order valence-corrected chi connectivity index (χ0v) is 31.2. The van der Waals surface area contributed by atoms with Crippen LogP contribution in [-0.4, -0.2) is 30.7 Å². The molecule has 1 nitrogen and oxygen atoms in total. The monoisotopic (exact) mass is 626 g/mol. The third-order valence-electron chi connectivity index (χ3n) is 10.7. The Bertz CT molecular complexity index is 462. The van der Waals surface area contributed by atoms with E-state index in [9.17, 15) is 0 Å². The molecule has 0 radical (unpaired) electrons. The first-order valence-electron chi connectivity index (χ1n) is 20.7. The second-order valence-corrected chi connectivity index (χ2v) is 14.9. The van der Waals surface area contributed by atoms with Gasteiger partial charge in [-0.2, -0.15) is 0 Å². The molecule has 260 valence electrons. The van der Waals surface area contributed by atoms with E-state index in [1.54, 1.807) is 0 Å². The van der Waals surface area contributed by atoms with Crippen molar-refractivity contribution in [3.63, 3.8) is 0 Å². The van der Waals surface area contributed by atoms with Gasteiger partial charge in [0.05, 0.1) is 26.2 Å². The van der Waals surface area contributed by atoms with Gasteiger partial charge >= 0.3 is 0 Å². The molecule has 1 aliphatic rings. The van der Waals surface area contributed by atoms with E-state index in [1.807, 2.05) is 0 Å². The Hall–Kier alpha value is 0.250. The van der Waals surface area contributed by atoms with Crippen LogP contribution in [0.4, 0.5) is 0 Å². The zero-order chi connectivity index (χ0) is 30.1. The number of piperidine rings is 1. The van der Waals surface area contributed by atoms with E-state index in [2.05, 4.69) is 13.8 Å². The minimum atomic E-state index is 0. The molecule has 43 heavy (non-hydrogen) atoms. The van der Waals surface area contributed by atoms with Crippen molar-refractivity contribution < 1.29 is 16.9 Å². The summed E-state index contributed by atoms with van der Waals surface area (Å²) < 4.78 is 1.50. The molecule has 1 saturated heterocycles. The second-order valence-electron chi connectivity index (χ2n) is 14.9. The molecule has 0 bridgehead atoms. The topological polar surface area (TPSA) is 0 Å². The summed E-state index contributed by atoms with van der Waals surface area (Å²) in [5.74, 6) is 0. The highest BCUT2D eigenvalue weighted by Crippen LogP contribution is 2.23. The molecule has 0 aliphatic carbocycles. The number of hydrogen-bond acceptors (Lipinski definition) is 0. The number of hydrogen-bond donors (Lipinski definition) is 0. The van der Waals surface area contributed by atoms with Crippen LogP contribution in [0.2, 0.25) is 0 Å². The van der Waals surface area contributed by atoms with Gasteiger partial charge in [0.25, 0.3) is 0 Å². The van der Waals surface area contributed by atoms with E-state index in [0.717, 1.165) is 0 Å². The molecule has 0 unspecified atom stereocenters. The van der Waals surface area contributed by atoms with Gasteiger partial charge in [-0.3, -0.25) is 0 Å². The Balaban J connectivity index is 0.0000176. The molecule has 0 aromatic heterocycles. The third-order valence-corrected chi connectivity index (χ3v) is 10.7. The van der Waals surface area contributed by atoms with Gasteiger partial charge in [0, 0.05) is 0 Å². The Morgan fingerprint density at radius 2 is 0.488 bits per heavy atom. The molecule has 1 rings (SSSR count). The van der Waals surface area contributed by atoms with Crippen molar-refractivity contribution in [2.45, 2.75) is 239 Å². The van der Waals surface area contributed by atoms with Gasteiger partial charge in [-0.05, 0) is 44.9 Å². The molecular formula is C41H84ClN. The molecule has 0 saturated carbocycles. The molecule has 0 spiro atoms. The molecule has 1 fully saturated rings. The van der Waals surface area contributed by atoms with E-state index in [-0.39, 0.29) is 12.4 Å². The maximum atomic E-state index is 2.31. The maximum absolute atomic E-state index is 2.31. The van der Waals surface area contributed by atoms with Crippen molar-refractivity contribution in [1.82, 2.24) is 0 Å². The number of quaternary nitrogens is 1. The molecule has 2 heteroatoms. The van der Waals surface area contributed by atoms with Gasteiger partial charge in [-0.15, -0.1) is 0 Å². The predicted molar refractivity (Wildman–Crippen MR) is 193 cm³/mol. The van der Waals surface area contributed by atoms with Crippen molar-refractivity contribution in [1.29, 1.82) is 0 Å². The Labute approximate surface area is 280 Å². The van der Waals surface area contributed by atoms with Crippen LogP contribution in [-0.2, 0) is 0 Å². The lowest BCUT2D eigenvalue weighted by atomic mass is 10.0. The van der Waals surface area contributed by atoms with Crippen LogP contribution in [0.5, 0.6) is 0 Å². The first-order chi connectivity index (χ1) is 20.8. The van der Waals surface area contributed by atoms with E-state index >= 15 is 0 Å². The van der Waals surface area contributed by atoms with Crippen LogP contribution < -0.4 is 12.4 Å². The highest BCUT2D eigenvalue weighted by atomic mass is 35.5. The fourth-order valence-electron chi connectivity index (χ4n) is 7.73. The van der Waals surface area contributed by atoms with E-state index in [4.69, 9.17) is 0 Å². The summed E-state index contributed by atoms with van der Waals surface area (Å²) in [4.78, 5) is 0. The van der Waals surface area contributed by atoms with Crippen molar-refractivity contribution in [2.24, 2.45) is 0 Å². The van der Waals surface area contributed by atoms with Crippen molar-refractivity contribution >= 4 is 0 Å². The summed E-state index contributed by atoms with van der Waals surface area (Å²) in [6.07, 6.45) is 51.9. The molecule has 0 N–H and O–H groups in total. The van der Waals surface area contributed by atoms with E-state index < -0.39 is 0 Å². The summed E-state index contributed by atoms with van der Waals surface area (Å²) in [6.45, 7) is 10.6. The maximum Gasteiger partial charge on any atom is 0.0786 e. The van der Waals surface area contributed by atoms with E-state index in [0.29, 0.717) is 0 Å². The average molecular weight is 627 g/mol. The highest BCUT2D eigenvalue weighted by molar-refractivity contribution is 4.58. The van der Waals surface area contributed by atoms with Crippen molar-refractivity contribution in [3.8, 4) is 0 Å². The highest BCUT2D eigenvalue weighted by Gasteiger charge is 2.28. The first-order valence-corrected chi connectivity index (χ1v) is 20.7. The standard InChI is InChI=1S/C41H84N.ClH/c1-3-5-7-9-11-13-15-17-19-21-23-25-27-29-31-34-38-42(40-36-33-37-41-42)39-35-32-30-28-26-24-22-20-18-16-14-12-10-8-6-4-2;/h3-41H2,1-2H3;1H/q+1;/p-1. The van der Waals surface area contributed by atoms with E-state index in [1.165, 1.54) is 255 Å². The zero-order valence-electron chi connectivity index (χ0n) is 30.4.